The third-order valence-corrected chi connectivity index (χ3v) is 3.01. The molecule has 0 aliphatic heterocycles. The molecule has 0 aliphatic carbocycles. The molecule has 0 amide bonds. The second-order valence-corrected chi connectivity index (χ2v) is 4.49. The molecule has 0 spiro atoms. The van der Waals surface area contributed by atoms with E-state index in [9.17, 15) is 4.79 Å². The smallest absolute Gasteiger partial charge is 0.341 e. The molecule has 0 unspecified atom stereocenters. The van der Waals surface area contributed by atoms with Crippen LogP contribution in [0.2, 0.25) is 0 Å². The van der Waals surface area contributed by atoms with Crippen LogP contribution in [0.4, 0.5) is 5.69 Å². The minimum atomic E-state index is -0.386. The van der Waals surface area contributed by atoms with Gasteiger partial charge in [-0.15, -0.1) is 0 Å². The van der Waals surface area contributed by atoms with Crippen molar-refractivity contribution in [3.63, 3.8) is 0 Å². The standard InChI is InChI=1S/C16H19NO4/c1-4-20-13-7-5-12(6-8-13)17-10-14-9-15(11(2)21-14)16(18)19-3/h5-9,17H,4,10H2,1-3H3. The topological polar surface area (TPSA) is 60.7 Å². The lowest BCUT2D eigenvalue weighted by Crippen LogP contribution is -2.01. The van der Waals surface area contributed by atoms with E-state index in [4.69, 9.17) is 13.9 Å². The number of esters is 1. The average Bonchev–Trinajstić information content (AvgIpc) is 2.87. The maximum absolute atomic E-state index is 11.5. The molecule has 5 heteroatoms. The molecule has 112 valence electrons. The fourth-order valence-electron chi connectivity index (χ4n) is 1.97. The number of anilines is 1. The van der Waals surface area contributed by atoms with Crippen molar-refractivity contribution in [3.05, 3.63) is 47.4 Å². The first kappa shape index (κ1) is 15.0. The van der Waals surface area contributed by atoms with Gasteiger partial charge in [0.15, 0.2) is 0 Å². The summed E-state index contributed by atoms with van der Waals surface area (Å²) < 4.78 is 15.6. The van der Waals surface area contributed by atoms with Crippen molar-refractivity contribution >= 4 is 11.7 Å². The molecule has 0 saturated carbocycles. The number of carbonyl (C=O) groups is 1. The van der Waals surface area contributed by atoms with E-state index in [1.54, 1.807) is 13.0 Å². The van der Waals surface area contributed by atoms with Crippen molar-refractivity contribution in [3.8, 4) is 5.75 Å². The Kier molecular flexibility index (Phi) is 4.87. The van der Waals surface area contributed by atoms with Gasteiger partial charge in [-0.25, -0.2) is 4.79 Å². The summed E-state index contributed by atoms with van der Waals surface area (Å²) in [5, 5.41) is 3.23. The van der Waals surface area contributed by atoms with Crippen molar-refractivity contribution in [2.24, 2.45) is 0 Å². The van der Waals surface area contributed by atoms with Gasteiger partial charge in [-0.3, -0.25) is 0 Å². The maximum Gasteiger partial charge on any atom is 0.341 e. The normalized spacial score (nSPS) is 10.2. The third kappa shape index (κ3) is 3.78. The SMILES string of the molecule is CCOc1ccc(NCc2cc(C(=O)OC)c(C)o2)cc1. The van der Waals surface area contributed by atoms with Crippen LogP contribution in [0.3, 0.4) is 0 Å². The van der Waals surface area contributed by atoms with Gasteiger partial charge in [0.25, 0.3) is 0 Å². The lowest BCUT2D eigenvalue weighted by atomic mass is 10.2. The summed E-state index contributed by atoms with van der Waals surface area (Å²) in [4.78, 5) is 11.5. The number of carbonyl (C=O) groups excluding carboxylic acids is 1. The van der Waals surface area contributed by atoms with Gasteiger partial charge in [-0.2, -0.15) is 0 Å². The van der Waals surface area contributed by atoms with Crippen molar-refractivity contribution in [1.82, 2.24) is 0 Å². The Hall–Kier alpha value is -2.43. The molecular weight excluding hydrogens is 270 g/mol. The highest BCUT2D eigenvalue weighted by molar-refractivity contribution is 5.90. The molecule has 2 rings (SSSR count). The number of benzene rings is 1. The zero-order valence-electron chi connectivity index (χ0n) is 12.4. The van der Waals surface area contributed by atoms with E-state index in [0.29, 0.717) is 30.2 Å². The number of hydrogen-bond donors (Lipinski definition) is 1. The first-order valence-corrected chi connectivity index (χ1v) is 6.78. The Morgan fingerprint density at radius 2 is 2.00 bits per heavy atom. The first-order chi connectivity index (χ1) is 10.1. The number of rotatable bonds is 6. The van der Waals surface area contributed by atoms with E-state index in [1.165, 1.54) is 7.11 Å². The van der Waals surface area contributed by atoms with E-state index >= 15 is 0 Å². The van der Waals surface area contributed by atoms with E-state index in [1.807, 2.05) is 31.2 Å². The number of aryl methyl sites for hydroxylation is 1. The highest BCUT2D eigenvalue weighted by Crippen LogP contribution is 2.19. The zero-order chi connectivity index (χ0) is 15.2. The molecule has 0 saturated heterocycles. The molecule has 5 nitrogen and oxygen atoms in total. The largest absolute Gasteiger partial charge is 0.494 e. The van der Waals surface area contributed by atoms with Crippen molar-refractivity contribution in [1.29, 1.82) is 0 Å². The highest BCUT2D eigenvalue weighted by atomic mass is 16.5. The van der Waals surface area contributed by atoms with Crippen LogP contribution in [0.5, 0.6) is 5.75 Å². The van der Waals surface area contributed by atoms with Gasteiger partial charge in [0.05, 0.1) is 20.3 Å². The van der Waals surface area contributed by atoms with Crippen LogP contribution in [-0.2, 0) is 11.3 Å². The molecule has 21 heavy (non-hydrogen) atoms. The van der Waals surface area contributed by atoms with Gasteiger partial charge in [0, 0.05) is 5.69 Å². The fourth-order valence-corrected chi connectivity index (χ4v) is 1.97. The molecule has 1 heterocycles. The molecule has 2 aromatic rings. The van der Waals surface area contributed by atoms with E-state index < -0.39 is 0 Å². The Balaban J connectivity index is 1.98. The summed E-state index contributed by atoms with van der Waals surface area (Å²) >= 11 is 0. The van der Waals surface area contributed by atoms with Crippen LogP contribution in [0.1, 0.15) is 28.8 Å². The Labute approximate surface area is 123 Å². The molecule has 0 fully saturated rings. The van der Waals surface area contributed by atoms with Gasteiger partial charge < -0.3 is 19.2 Å². The summed E-state index contributed by atoms with van der Waals surface area (Å²) in [5.74, 6) is 1.69. The van der Waals surface area contributed by atoms with E-state index in [2.05, 4.69) is 5.32 Å². The molecule has 0 aliphatic rings. The number of ether oxygens (including phenoxy) is 2. The minimum Gasteiger partial charge on any atom is -0.494 e. The van der Waals surface area contributed by atoms with Gasteiger partial charge in [0.1, 0.15) is 22.8 Å². The summed E-state index contributed by atoms with van der Waals surface area (Å²) in [7, 11) is 1.35. The lowest BCUT2D eigenvalue weighted by molar-refractivity contribution is 0.0599. The number of hydrogen-bond acceptors (Lipinski definition) is 5. The highest BCUT2D eigenvalue weighted by Gasteiger charge is 2.14. The summed E-state index contributed by atoms with van der Waals surface area (Å²) in [5.41, 5.74) is 1.41. The predicted octanol–water partition coefficient (Wildman–Crippen LogP) is 3.39. The molecular formula is C16H19NO4. The van der Waals surface area contributed by atoms with Crippen molar-refractivity contribution < 1.29 is 18.7 Å². The van der Waals surface area contributed by atoms with Crippen LogP contribution in [-0.4, -0.2) is 19.7 Å². The molecule has 0 radical (unpaired) electrons. The number of nitrogens with one attached hydrogen (secondary N) is 1. The van der Waals surface area contributed by atoms with Gasteiger partial charge in [-0.1, -0.05) is 0 Å². The summed E-state index contributed by atoms with van der Waals surface area (Å²) in [6, 6.07) is 9.37. The minimum absolute atomic E-state index is 0.386. The Morgan fingerprint density at radius 3 is 2.62 bits per heavy atom. The third-order valence-electron chi connectivity index (χ3n) is 3.01. The lowest BCUT2D eigenvalue weighted by Gasteiger charge is -2.06. The van der Waals surface area contributed by atoms with Crippen LogP contribution in [0.15, 0.2) is 34.7 Å². The molecule has 1 aromatic carbocycles. The summed E-state index contributed by atoms with van der Waals surface area (Å²) in [6.07, 6.45) is 0. The van der Waals surface area contributed by atoms with Gasteiger partial charge >= 0.3 is 5.97 Å². The first-order valence-electron chi connectivity index (χ1n) is 6.78. The van der Waals surface area contributed by atoms with Crippen LogP contribution in [0.25, 0.3) is 0 Å². The molecule has 0 bridgehead atoms. The molecule has 1 N–H and O–H groups in total. The van der Waals surface area contributed by atoms with Crippen molar-refractivity contribution in [2.45, 2.75) is 20.4 Å². The quantitative estimate of drug-likeness (QED) is 0.826. The summed E-state index contributed by atoms with van der Waals surface area (Å²) in [6.45, 7) is 4.83. The van der Waals surface area contributed by atoms with E-state index in [0.717, 1.165) is 11.4 Å². The van der Waals surface area contributed by atoms with Gasteiger partial charge in [-0.05, 0) is 44.2 Å². The number of furan rings is 1. The average molecular weight is 289 g/mol. The Morgan fingerprint density at radius 1 is 1.29 bits per heavy atom. The molecule has 1 aromatic heterocycles. The van der Waals surface area contributed by atoms with Crippen LogP contribution in [0, 0.1) is 6.92 Å². The fraction of sp³-hybridized carbons (Fsp3) is 0.312. The van der Waals surface area contributed by atoms with Crippen molar-refractivity contribution in [2.75, 3.05) is 19.0 Å². The Bertz CT molecular complexity index is 601. The second-order valence-electron chi connectivity index (χ2n) is 4.49. The van der Waals surface area contributed by atoms with Crippen LogP contribution >= 0.6 is 0 Å². The monoisotopic (exact) mass is 289 g/mol. The van der Waals surface area contributed by atoms with E-state index in [-0.39, 0.29) is 5.97 Å². The maximum atomic E-state index is 11.5. The van der Waals surface area contributed by atoms with Gasteiger partial charge in [0.2, 0.25) is 0 Å². The predicted molar refractivity (Wildman–Crippen MR) is 79.7 cm³/mol. The number of methoxy groups -OCH3 is 1. The molecule has 0 atom stereocenters. The zero-order valence-corrected chi connectivity index (χ0v) is 12.4. The second kappa shape index (κ2) is 6.83. The van der Waals surface area contributed by atoms with Crippen LogP contribution < -0.4 is 10.1 Å².